The quantitative estimate of drug-likeness (QED) is 0.519. The Morgan fingerprint density at radius 1 is 1.46 bits per heavy atom. The van der Waals surface area contributed by atoms with Crippen LogP contribution in [0.1, 0.15) is 13.3 Å². The van der Waals surface area contributed by atoms with Crippen molar-refractivity contribution in [1.29, 1.82) is 0 Å². The summed E-state index contributed by atoms with van der Waals surface area (Å²) in [5.41, 5.74) is 0. The fourth-order valence-corrected chi connectivity index (χ4v) is 1.54. The molecule has 0 bridgehead atoms. The van der Waals surface area contributed by atoms with E-state index in [1.165, 1.54) is 6.92 Å². The zero-order chi connectivity index (χ0) is 10.0. The first-order chi connectivity index (χ1) is 6.07. The summed E-state index contributed by atoms with van der Waals surface area (Å²) in [5.74, 6) is 0. The number of aliphatic hydroxyl groups excluding tert-OH is 3. The molecule has 0 radical (unpaired) electrons. The van der Waals surface area contributed by atoms with E-state index >= 15 is 0 Å². The topological polar surface area (TPSA) is 69.9 Å². The molecule has 3 N–H and O–H groups in total. The molecule has 0 aromatic rings. The summed E-state index contributed by atoms with van der Waals surface area (Å²) >= 11 is 0. The van der Waals surface area contributed by atoms with Gasteiger partial charge in [0, 0.05) is 0 Å². The summed E-state index contributed by atoms with van der Waals surface area (Å²) in [7, 11) is 0. The smallest absolute Gasteiger partial charge is 0.112 e. The number of rotatable bonds is 3. The van der Waals surface area contributed by atoms with Crippen LogP contribution in [0.25, 0.3) is 0 Å². The van der Waals surface area contributed by atoms with Crippen LogP contribution in [0.2, 0.25) is 0 Å². The average molecular weight is 188 g/mol. The molecule has 1 heterocycles. The molecule has 0 spiro atoms. The maximum Gasteiger partial charge on any atom is 0.112 e. The van der Waals surface area contributed by atoms with E-state index in [9.17, 15) is 15.3 Å². The Bertz CT molecular complexity index is 180. The van der Waals surface area contributed by atoms with E-state index in [0.717, 1.165) is 0 Å². The van der Waals surface area contributed by atoms with Crippen molar-refractivity contribution in [2.75, 3.05) is 0 Å². The largest absolute Gasteiger partial charge is 0.391 e. The van der Waals surface area contributed by atoms with Crippen molar-refractivity contribution in [3.8, 4) is 0 Å². The second-order valence-corrected chi connectivity index (χ2v) is 3.39. The van der Waals surface area contributed by atoms with Crippen LogP contribution in [0.5, 0.6) is 0 Å². The highest BCUT2D eigenvalue weighted by atomic mass is 16.6. The van der Waals surface area contributed by atoms with Gasteiger partial charge in [-0.3, -0.25) is 0 Å². The van der Waals surface area contributed by atoms with Gasteiger partial charge in [-0.05, 0) is 13.3 Å². The summed E-state index contributed by atoms with van der Waals surface area (Å²) in [5, 5.41) is 28.1. The summed E-state index contributed by atoms with van der Waals surface area (Å²) in [6.45, 7) is 5.04. The molecule has 0 aromatic heterocycles. The first-order valence-corrected chi connectivity index (χ1v) is 4.38. The van der Waals surface area contributed by atoms with Gasteiger partial charge in [0.2, 0.25) is 0 Å². The van der Waals surface area contributed by atoms with Crippen LogP contribution in [0, 0.1) is 0 Å². The first-order valence-electron chi connectivity index (χ1n) is 4.38. The summed E-state index contributed by atoms with van der Waals surface area (Å²) in [6, 6.07) is 0. The lowest BCUT2D eigenvalue weighted by Crippen LogP contribution is -2.37. The Balaban J connectivity index is 2.60. The third-order valence-electron chi connectivity index (χ3n) is 2.27. The summed E-state index contributed by atoms with van der Waals surface area (Å²) in [4.78, 5) is 0. The van der Waals surface area contributed by atoms with Gasteiger partial charge in [0.15, 0.2) is 0 Å². The van der Waals surface area contributed by atoms with Gasteiger partial charge in [0.25, 0.3) is 0 Å². The molecule has 1 aliphatic rings. The average Bonchev–Trinajstić information content (AvgIpc) is 2.33. The maximum atomic E-state index is 9.47. The maximum absolute atomic E-state index is 9.47. The van der Waals surface area contributed by atoms with Crippen LogP contribution < -0.4 is 0 Å². The number of aliphatic hydroxyl groups is 3. The van der Waals surface area contributed by atoms with Crippen molar-refractivity contribution in [3.63, 3.8) is 0 Å². The molecule has 0 amide bonds. The minimum atomic E-state index is -1.01. The molecular formula is C9H16O4. The van der Waals surface area contributed by atoms with Gasteiger partial charge in [0.05, 0.1) is 12.2 Å². The molecule has 0 aliphatic carbocycles. The van der Waals surface area contributed by atoms with Gasteiger partial charge >= 0.3 is 0 Å². The predicted octanol–water partition coefficient (Wildman–Crippen LogP) is -0.567. The molecule has 0 unspecified atom stereocenters. The second-order valence-electron chi connectivity index (χ2n) is 3.39. The van der Waals surface area contributed by atoms with Crippen LogP contribution in [0.4, 0.5) is 0 Å². The molecule has 1 saturated heterocycles. The third kappa shape index (κ3) is 2.08. The summed E-state index contributed by atoms with van der Waals surface area (Å²) < 4.78 is 5.27. The van der Waals surface area contributed by atoms with Gasteiger partial charge in [-0.1, -0.05) is 6.08 Å². The van der Waals surface area contributed by atoms with Crippen LogP contribution in [-0.2, 0) is 4.74 Å². The Morgan fingerprint density at radius 3 is 2.46 bits per heavy atom. The molecule has 4 nitrogen and oxygen atoms in total. The minimum absolute atomic E-state index is 0.452. The molecule has 1 aliphatic heterocycles. The van der Waals surface area contributed by atoms with Crippen molar-refractivity contribution in [3.05, 3.63) is 12.7 Å². The van der Waals surface area contributed by atoms with E-state index in [0.29, 0.717) is 6.42 Å². The number of hydrogen-bond acceptors (Lipinski definition) is 4. The lowest BCUT2D eigenvalue weighted by atomic mass is 10.0. The van der Waals surface area contributed by atoms with Crippen molar-refractivity contribution >= 4 is 0 Å². The van der Waals surface area contributed by atoms with E-state index in [-0.39, 0.29) is 0 Å². The second kappa shape index (κ2) is 4.19. The number of ether oxygens (including phenoxy) is 1. The van der Waals surface area contributed by atoms with Crippen molar-refractivity contribution < 1.29 is 20.1 Å². The first kappa shape index (κ1) is 10.7. The van der Waals surface area contributed by atoms with Crippen LogP contribution in [0.15, 0.2) is 12.7 Å². The highest BCUT2D eigenvalue weighted by Gasteiger charge is 2.43. The van der Waals surface area contributed by atoms with Crippen LogP contribution in [0.3, 0.4) is 0 Å². The molecule has 0 aromatic carbocycles. The number of hydrogen-bond donors (Lipinski definition) is 3. The van der Waals surface area contributed by atoms with Gasteiger partial charge in [-0.15, -0.1) is 6.58 Å². The highest BCUT2D eigenvalue weighted by molar-refractivity contribution is 4.95. The van der Waals surface area contributed by atoms with Gasteiger partial charge in [-0.2, -0.15) is 0 Å². The lowest BCUT2D eigenvalue weighted by Gasteiger charge is -2.16. The monoisotopic (exact) mass is 188 g/mol. The molecule has 5 atom stereocenters. The third-order valence-corrected chi connectivity index (χ3v) is 2.27. The van der Waals surface area contributed by atoms with E-state index < -0.39 is 30.5 Å². The van der Waals surface area contributed by atoms with Crippen molar-refractivity contribution in [2.24, 2.45) is 0 Å². The van der Waals surface area contributed by atoms with E-state index in [4.69, 9.17) is 4.74 Å². The Labute approximate surface area is 77.5 Å². The summed E-state index contributed by atoms with van der Waals surface area (Å²) in [6.07, 6.45) is -1.78. The van der Waals surface area contributed by atoms with Gasteiger partial charge in [0.1, 0.15) is 18.3 Å². The fraction of sp³-hybridized carbons (Fsp3) is 0.778. The van der Waals surface area contributed by atoms with E-state index in [1.807, 2.05) is 0 Å². The highest BCUT2D eigenvalue weighted by Crippen LogP contribution is 2.25. The Morgan fingerprint density at radius 2 is 2.08 bits per heavy atom. The lowest BCUT2D eigenvalue weighted by molar-refractivity contribution is -0.0573. The zero-order valence-corrected chi connectivity index (χ0v) is 7.63. The SMILES string of the molecule is C=CC[C@H]1O[C@@H]([C@@H](C)O)[C@H](O)[C@H]1O. The molecule has 1 rings (SSSR count). The standard InChI is InChI=1S/C9H16O4/c1-3-4-6-7(11)8(12)9(13-6)5(2)10/h3,5-12H,1,4H2,2H3/t5-,6-,7+,8-,9+/m1/s1. The zero-order valence-electron chi connectivity index (χ0n) is 7.63. The molecule has 1 fully saturated rings. The van der Waals surface area contributed by atoms with Crippen LogP contribution >= 0.6 is 0 Å². The minimum Gasteiger partial charge on any atom is -0.391 e. The van der Waals surface area contributed by atoms with Crippen LogP contribution in [-0.4, -0.2) is 45.8 Å². The molecule has 4 heteroatoms. The van der Waals surface area contributed by atoms with Crippen molar-refractivity contribution in [2.45, 2.75) is 43.9 Å². The Kier molecular flexibility index (Phi) is 3.44. The van der Waals surface area contributed by atoms with E-state index in [2.05, 4.69) is 6.58 Å². The van der Waals surface area contributed by atoms with Gasteiger partial charge < -0.3 is 20.1 Å². The van der Waals surface area contributed by atoms with Crippen molar-refractivity contribution in [1.82, 2.24) is 0 Å². The van der Waals surface area contributed by atoms with Gasteiger partial charge in [-0.25, -0.2) is 0 Å². The molecule has 0 saturated carbocycles. The molecule has 13 heavy (non-hydrogen) atoms. The van der Waals surface area contributed by atoms with E-state index in [1.54, 1.807) is 6.08 Å². The molecule has 76 valence electrons. The predicted molar refractivity (Wildman–Crippen MR) is 47.2 cm³/mol. The Hall–Kier alpha value is -0.420. The normalized spacial score (nSPS) is 41.8. The fourth-order valence-electron chi connectivity index (χ4n) is 1.54. The molecular weight excluding hydrogens is 172 g/mol.